The van der Waals surface area contributed by atoms with Gasteiger partial charge < -0.3 is 20.3 Å². The van der Waals surface area contributed by atoms with Crippen molar-refractivity contribution < 1.29 is 19.1 Å². The molecule has 174 valence electrons. The van der Waals surface area contributed by atoms with Crippen LogP contribution in [0.2, 0.25) is 0 Å². The largest absolute Gasteiger partial charge is 0.456 e. The molecule has 0 aromatic heterocycles. The van der Waals surface area contributed by atoms with E-state index < -0.39 is 22.2 Å². The highest BCUT2D eigenvalue weighted by Crippen LogP contribution is 2.68. The van der Waals surface area contributed by atoms with E-state index >= 15 is 0 Å². The number of hydrogen-bond acceptors (Lipinski definition) is 5. The maximum absolute atomic E-state index is 13.8. The van der Waals surface area contributed by atoms with Gasteiger partial charge in [-0.05, 0) is 70.4 Å². The molecule has 5 aliphatic rings. The van der Waals surface area contributed by atoms with Gasteiger partial charge in [-0.25, -0.2) is 0 Å². The van der Waals surface area contributed by atoms with Crippen LogP contribution in [-0.4, -0.2) is 51.4 Å². The van der Waals surface area contributed by atoms with Crippen LogP contribution in [0, 0.1) is 12.8 Å². The first kappa shape index (κ1) is 20.8. The van der Waals surface area contributed by atoms with Crippen LogP contribution in [0.25, 0.3) is 5.70 Å². The van der Waals surface area contributed by atoms with Gasteiger partial charge in [0.1, 0.15) is 16.7 Å². The molecule has 2 aliphatic heterocycles. The third-order valence-electron chi connectivity index (χ3n) is 8.69. The first-order chi connectivity index (χ1) is 15.6. The van der Waals surface area contributed by atoms with E-state index in [1.165, 1.54) is 0 Å². The first-order valence-corrected chi connectivity index (χ1v) is 12.1. The molecule has 3 aliphatic carbocycles. The Balaban J connectivity index is 1.19. The lowest BCUT2D eigenvalue weighted by Gasteiger charge is -2.38. The quantitative estimate of drug-likeness (QED) is 0.652. The molecule has 3 unspecified atom stereocenters. The Morgan fingerprint density at radius 1 is 1.15 bits per heavy atom. The number of nitrogens with zero attached hydrogens (tertiary/aromatic N) is 1. The van der Waals surface area contributed by atoms with E-state index in [0.29, 0.717) is 19.4 Å². The summed E-state index contributed by atoms with van der Waals surface area (Å²) in [4.78, 5) is 41.3. The Bertz CT molecular complexity index is 1100. The summed E-state index contributed by atoms with van der Waals surface area (Å²) in [5, 5.41) is 6.61. The van der Waals surface area contributed by atoms with Crippen LogP contribution in [-0.2, 0) is 19.1 Å². The third-order valence-corrected chi connectivity index (χ3v) is 8.69. The lowest BCUT2D eigenvalue weighted by Crippen LogP contribution is -2.62. The molecule has 7 heteroatoms. The fourth-order valence-corrected chi connectivity index (χ4v) is 6.15. The number of carbonyl (C=O) groups is 3. The molecular weight excluding hydrogens is 418 g/mol. The molecule has 2 N–H and O–H groups in total. The third kappa shape index (κ3) is 2.83. The predicted molar refractivity (Wildman–Crippen MR) is 122 cm³/mol. The zero-order chi connectivity index (χ0) is 23.2. The maximum atomic E-state index is 13.8. The molecule has 1 aromatic carbocycles. The van der Waals surface area contributed by atoms with Crippen molar-refractivity contribution in [1.29, 1.82) is 0 Å². The number of fused-ring (bicyclic) bond motifs is 2. The van der Waals surface area contributed by atoms with Crippen LogP contribution in [0.4, 0.5) is 0 Å². The van der Waals surface area contributed by atoms with Gasteiger partial charge in [-0.15, -0.1) is 0 Å². The van der Waals surface area contributed by atoms with Gasteiger partial charge in [0, 0.05) is 12.2 Å². The number of carbonyl (C=O) groups excluding carboxylic acids is 3. The predicted octanol–water partition coefficient (Wildman–Crippen LogP) is 2.43. The van der Waals surface area contributed by atoms with Crippen molar-refractivity contribution in [3.05, 3.63) is 42.0 Å². The number of aryl methyl sites for hydroxylation is 1. The Kier molecular flexibility index (Phi) is 4.02. The molecule has 0 bridgehead atoms. The fraction of sp³-hybridized carbons (Fsp3) is 0.577. The number of ether oxygens (including phenoxy) is 1. The van der Waals surface area contributed by atoms with Crippen molar-refractivity contribution >= 4 is 23.5 Å². The summed E-state index contributed by atoms with van der Waals surface area (Å²) in [5.41, 5.74) is 0.147. The van der Waals surface area contributed by atoms with Crippen molar-refractivity contribution in [2.24, 2.45) is 5.92 Å². The van der Waals surface area contributed by atoms with E-state index in [2.05, 4.69) is 17.2 Å². The summed E-state index contributed by atoms with van der Waals surface area (Å²) in [6.45, 7) is 8.63. The van der Waals surface area contributed by atoms with Gasteiger partial charge in [-0.1, -0.05) is 30.3 Å². The van der Waals surface area contributed by atoms with E-state index in [1.54, 1.807) is 4.90 Å². The van der Waals surface area contributed by atoms with Crippen molar-refractivity contribution in [2.45, 2.75) is 81.0 Å². The minimum atomic E-state index is -0.928. The van der Waals surface area contributed by atoms with E-state index in [0.717, 1.165) is 48.9 Å². The van der Waals surface area contributed by atoms with Gasteiger partial charge in [-0.2, -0.15) is 0 Å². The van der Waals surface area contributed by atoms with Crippen molar-refractivity contribution in [1.82, 2.24) is 15.5 Å². The maximum Gasteiger partial charge on any atom is 0.312 e. The molecule has 6 rings (SSSR count). The van der Waals surface area contributed by atoms with Crippen LogP contribution >= 0.6 is 0 Å². The van der Waals surface area contributed by atoms with Crippen LogP contribution in [0.5, 0.6) is 0 Å². The molecule has 0 radical (unpaired) electrons. The van der Waals surface area contributed by atoms with Gasteiger partial charge in [0.15, 0.2) is 0 Å². The van der Waals surface area contributed by atoms with Crippen molar-refractivity contribution in [3.63, 3.8) is 0 Å². The van der Waals surface area contributed by atoms with Gasteiger partial charge in [0.2, 0.25) is 11.8 Å². The number of likely N-dealkylation sites (tertiary alicyclic amines) is 1. The average molecular weight is 450 g/mol. The van der Waals surface area contributed by atoms with Crippen molar-refractivity contribution in [3.8, 4) is 0 Å². The van der Waals surface area contributed by atoms with Gasteiger partial charge in [0.25, 0.3) is 0 Å². The molecule has 1 spiro atoms. The molecule has 2 saturated heterocycles. The normalized spacial score (nSPS) is 33.8. The number of benzene rings is 1. The van der Waals surface area contributed by atoms with Crippen LogP contribution in [0.3, 0.4) is 0 Å². The van der Waals surface area contributed by atoms with E-state index in [4.69, 9.17) is 4.74 Å². The van der Waals surface area contributed by atoms with Crippen molar-refractivity contribution in [2.75, 3.05) is 6.54 Å². The molecule has 2 amide bonds. The SMILES string of the molecule is C=C(NC1(C(=O)N2CCCC2(C)C(=O)NC23CC2C(=O)OC32CC2)CC1)c1cccc(C)c1. The standard InChI is InChI=1S/C26H31N3O4/c1-16-6-4-7-18(14-16)17(2)27-24(9-10-24)22(32)29-13-5-8-23(29,3)21(31)28-26-15-19(26)20(30)33-25(26)11-12-25/h4,6-7,14,19,27H,2,5,8-13,15H2,1,3H3,(H,28,31). The molecule has 33 heavy (non-hydrogen) atoms. The summed E-state index contributed by atoms with van der Waals surface area (Å²) >= 11 is 0. The molecule has 5 fully saturated rings. The van der Waals surface area contributed by atoms with Gasteiger partial charge >= 0.3 is 5.97 Å². The molecule has 3 atom stereocenters. The van der Waals surface area contributed by atoms with Gasteiger partial charge in [0.05, 0.1) is 11.5 Å². The Labute approximate surface area is 193 Å². The lowest BCUT2D eigenvalue weighted by molar-refractivity contribution is -0.149. The number of amides is 2. The first-order valence-electron chi connectivity index (χ1n) is 12.1. The van der Waals surface area contributed by atoms with Crippen LogP contribution in [0.15, 0.2) is 30.8 Å². The topological polar surface area (TPSA) is 87.7 Å². The Hall–Kier alpha value is -2.83. The summed E-state index contributed by atoms with van der Waals surface area (Å²) in [7, 11) is 0. The smallest absolute Gasteiger partial charge is 0.312 e. The molecule has 3 saturated carbocycles. The molecule has 1 aromatic rings. The highest BCUT2D eigenvalue weighted by molar-refractivity contribution is 5.98. The van der Waals surface area contributed by atoms with Crippen LogP contribution in [0.1, 0.15) is 63.0 Å². The minimum Gasteiger partial charge on any atom is -0.456 e. The second kappa shape index (κ2) is 6.39. The Morgan fingerprint density at radius 3 is 2.55 bits per heavy atom. The fourth-order valence-electron chi connectivity index (χ4n) is 6.15. The lowest BCUT2D eigenvalue weighted by atomic mass is 9.94. The van der Waals surface area contributed by atoms with E-state index in [1.807, 2.05) is 38.1 Å². The second-order valence-electron chi connectivity index (χ2n) is 11.0. The zero-order valence-corrected chi connectivity index (χ0v) is 19.3. The second-order valence-corrected chi connectivity index (χ2v) is 11.0. The zero-order valence-electron chi connectivity index (χ0n) is 19.3. The molecular formula is C26H31N3O4. The van der Waals surface area contributed by atoms with Crippen LogP contribution < -0.4 is 10.6 Å². The summed E-state index contributed by atoms with van der Waals surface area (Å²) < 4.78 is 5.60. The van der Waals surface area contributed by atoms with E-state index in [9.17, 15) is 14.4 Å². The molecule has 7 nitrogen and oxygen atoms in total. The molecule has 2 heterocycles. The monoisotopic (exact) mass is 449 g/mol. The highest BCUT2D eigenvalue weighted by atomic mass is 16.6. The minimum absolute atomic E-state index is 0.0313. The number of rotatable bonds is 6. The number of esters is 1. The van der Waals surface area contributed by atoms with Gasteiger partial charge in [-0.3, -0.25) is 14.4 Å². The summed E-state index contributed by atoms with van der Waals surface area (Å²) in [5.74, 6) is -0.606. The summed E-state index contributed by atoms with van der Waals surface area (Å²) in [6.07, 6.45) is 5.11. The number of nitrogens with one attached hydrogen (secondary N) is 2. The number of hydrogen-bond donors (Lipinski definition) is 2. The Morgan fingerprint density at radius 2 is 1.91 bits per heavy atom. The summed E-state index contributed by atoms with van der Waals surface area (Å²) in [6, 6.07) is 8.05. The van der Waals surface area contributed by atoms with E-state index in [-0.39, 0.29) is 23.7 Å². The average Bonchev–Trinajstić information content (AvgIpc) is 3.70. The highest BCUT2D eigenvalue weighted by Gasteiger charge is 2.82.